The third kappa shape index (κ3) is 2.19. The van der Waals surface area contributed by atoms with Gasteiger partial charge in [-0.3, -0.25) is 0 Å². The molecule has 0 spiro atoms. The van der Waals surface area contributed by atoms with Crippen LogP contribution < -0.4 is 5.73 Å². The van der Waals surface area contributed by atoms with E-state index in [0.717, 1.165) is 6.07 Å². The first-order valence-electron chi connectivity index (χ1n) is 3.14. The van der Waals surface area contributed by atoms with Crippen LogP contribution in [0.5, 0.6) is 0 Å². The van der Waals surface area contributed by atoms with E-state index >= 15 is 0 Å². The van der Waals surface area contributed by atoms with Crippen LogP contribution in [0.4, 0.5) is 18.9 Å². The summed E-state index contributed by atoms with van der Waals surface area (Å²) in [5.41, 5.74) is 4.09. The van der Waals surface area contributed by atoms with E-state index in [9.17, 15) is 13.2 Å². The Morgan fingerprint density at radius 2 is 1.85 bits per heavy atom. The molecule has 0 atom stereocenters. The molecule has 0 aromatic heterocycles. The number of anilines is 1. The van der Waals surface area contributed by atoms with Gasteiger partial charge in [-0.05, 0) is 34.7 Å². The van der Waals surface area contributed by atoms with Gasteiger partial charge in [-0.25, -0.2) is 0 Å². The van der Waals surface area contributed by atoms with Crippen LogP contribution in [0.15, 0.2) is 12.1 Å². The second-order valence-electron chi connectivity index (χ2n) is 2.32. The Labute approximate surface area is 91.2 Å². The quantitative estimate of drug-likeness (QED) is 0.574. The maximum atomic E-state index is 12.2. The summed E-state index contributed by atoms with van der Waals surface area (Å²) in [4.78, 5) is 0. The van der Waals surface area contributed by atoms with Gasteiger partial charge in [0.2, 0.25) is 0 Å². The van der Waals surface area contributed by atoms with Gasteiger partial charge < -0.3 is 5.73 Å². The first-order valence-corrected chi connectivity index (χ1v) is 4.60. The highest BCUT2D eigenvalue weighted by atomic mass is 127. The standard InChI is InChI=1S/C7H4ClF3IN/c8-4-2-1-3(7(9,10)11)6(13)5(4)12/h1-2H,13H2. The Morgan fingerprint density at radius 1 is 1.31 bits per heavy atom. The molecular formula is C7H4ClF3IN. The van der Waals surface area contributed by atoms with Gasteiger partial charge in [-0.1, -0.05) is 11.6 Å². The fourth-order valence-electron chi connectivity index (χ4n) is 0.814. The monoisotopic (exact) mass is 321 g/mol. The molecule has 0 unspecified atom stereocenters. The number of hydrogen-bond donors (Lipinski definition) is 1. The first kappa shape index (κ1) is 10.9. The molecule has 0 saturated heterocycles. The van der Waals surface area contributed by atoms with E-state index in [2.05, 4.69) is 0 Å². The normalized spacial score (nSPS) is 11.8. The summed E-state index contributed by atoms with van der Waals surface area (Å²) < 4.78 is 36.9. The molecule has 0 radical (unpaired) electrons. The molecule has 6 heteroatoms. The topological polar surface area (TPSA) is 26.0 Å². The summed E-state index contributed by atoms with van der Waals surface area (Å²) in [7, 11) is 0. The van der Waals surface area contributed by atoms with Crippen LogP contribution in [0.1, 0.15) is 5.56 Å². The van der Waals surface area contributed by atoms with E-state index in [1.165, 1.54) is 6.07 Å². The highest BCUT2D eigenvalue weighted by molar-refractivity contribution is 14.1. The third-order valence-electron chi connectivity index (χ3n) is 1.44. The molecule has 1 aromatic rings. The van der Waals surface area contributed by atoms with Gasteiger partial charge in [0.25, 0.3) is 0 Å². The van der Waals surface area contributed by atoms with Crippen molar-refractivity contribution >= 4 is 39.9 Å². The lowest BCUT2D eigenvalue weighted by Crippen LogP contribution is -2.10. The minimum Gasteiger partial charge on any atom is -0.397 e. The molecule has 1 nitrogen and oxygen atoms in total. The Morgan fingerprint density at radius 3 is 2.31 bits per heavy atom. The smallest absolute Gasteiger partial charge is 0.397 e. The van der Waals surface area contributed by atoms with Crippen LogP contribution in [0.3, 0.4) is 0 Å². The van der Waals surface area contributed by atoms with Crippen LogP contribution in [-0.2, 0) is 6.18 Å². The van der Waals surface area contributed by atoms with E-state index in [1.807, 2.05) is 0 Å². The van der Waals surface area contributed by atoms with E-state index in [-0.39, 0.29) is 14.3 Å². The van der Waals surface area contributed by atoms with Crippen molar-refractivity contribution in [3.8, 4) is 0 Å². The van der Waals surface area contributed by atoms with Gasteiger partial charge >= 0.3 is 6.18 Å². The van der Waals surface area contributed by atoms with Crippen molar-refractivity contribution in [3.05, 3.63) is 26.3 Å². The van der Waals surface area contributed by atoms with E-state index in [4.69, 9.17) is 17.3 Å². The Hall–Kier alpha value is -0.170. The highest BCUT2D eigenvalue weighted by Crippen LogP contribution is 2.37. The average Bonchev–Trinajstić information content (AvgIpc) is 1.98. The Bertz CT molecular complexity index is 337. The lowest BCUT2D eigenvalue weighted by molar-refractivity contribution is -0.136. The summed E-state index contributed by atoms with van der Waals surface area (Å²) >= 11 is 7.26. The lowest BCUT2D eigenvalue weighted by Gasteiger charge is -2.11. The maximum Gasteiger partial charge on any atom is 0.418 e. The average molecular weight is 321 g/mol. The third-order valence-corrected chi connectivity index (χ3v) is 3.23. The molecule has 1 aromatic carbocycles. The zero-order valence-corrected chi connectivity index (χ0v) is 9.04. The number of halogens is 5. The van der Waals surface area contributed by atoms with Crippen molar-refractivity contribution in [2.24, 2.45) is 0 Å². The molecule has 2 N–H and O–H groups in total. The number of rotatable bonds is 0. The van der Waals surface area contributed by atoms with Crippen molar-refractivity contribution in [1.82, 2.24) is 0 Å². The molecule has 0 fully saturated rings. The van der Waals surface area contributed by atoms with Crippen molar-refractivity contribution in [3.63, 3.8) is 0 Å². The lowest BCUT2D eigenvalue weighted by atomic mass is 10.2. The summed E-state index contributed by atoms with van der Waals surface area (Å²) in [5.74, 6) is 0. The SMILES string of the molecule is Nc1c(C(F)(F)F)ccc(Cl)c1I. The molecule has 0 heterocycles. The minimum absolute atomic E-state index is 0.228. The summed E-state index contributed by atoms with van der Waals surface area (Å²) in [5, 5.41) is 0.228. The number of nitrogens with two attached hydrogens (primary N) is 1. The first-order chi connectivity index (χ1) is 5.84. The molecule has 0 bridgehead atoms. The Balaban J connectivity index is 3.35. The second-order valence-corrected chi connectivity index (χ2v) is 3.81. The van der Waals surface area contributed by atoms with Crippen LogP contribution in [-0.4, -0.2) is 0 Å². The van der Waals surface area contributed by atoms with Gasteiger partial charge in [-0.2, -0.15) is 13.2 Å². The summed E-state index contributed by atoms with van der Waals surface area (Å²) in [6, 6.07) is 2.06. The molecular weight excluding hydrogens is 317 g/mol. The molecule has 0 amide bonds. The molecule has 0 aliphatic heterocycles. The molecule has 72 valence electrons. The van der Waals surface area contributed by atoms with Crippen LogP contribution in [0.2, 0.25) is 5.02 Å². The van der Waals surface area contributed by atoms with Gasteiger partial charge in [-0.15, -0.1) is 0 Å². The van der Waals surface area contributed by atoms with Crippen LogP contribution in [0, 0.1) is 3.57 Å². The predicted octanol–water partition coefficient (Wildman–Crippen LogP) is 3.55. The van der Waals surface area contributed by atoms with Crippen molar-refractivity contribution < 1.29 is 13.2 Å². The molecule has 0 saturated carbocycles. The Kier molecular flexibility index (Phi) is 2.96. The van der Waals surface area contributed by atoms with Gasteiger partial charge in [0, 0.05) is 0 Å². The van der Waals surface area contributed by atoms with E-state index < -0.39 is 11.7 Å². The maximum absolute atomic E-state index is 12.2. The second kappa shape index (κ2) is 3.53. The molecule has 0 aliphatic rings. The van der Waals surface area contributed by atoms with Gasteiger partial charge in [0.1, 0.15) is 0 Å². The number of nitrogen functional groups attached to an aromatic ring is 1. The molecule has 1 rings (SSSR count). The van der Waals surface area contributed by atoms with Crippen molar-refractivity contribution in [1.29, 1.82) is 0 Å². The summed E-state index contributed by atoms with van der Waals surface area (Å²) in [6.45, 7) is 0. The molecule has 0 aliphatic carbocycles. The summed E-state index contributed by atoms with van der Waals surface area (Å²) in [6.07, 6.45) is -4.42. The number of benzene rings is 1. The number of hydrogen-bond acceptors (Lipinski definition) is 1. The largest absolute Gasteiger partial charge is 0.418 e. The van der Waals surface area contributed by atoms with E-state index in [0.29, 0.717) is 0 Å². The predicted molar refractivity (Wildman–Crippen MR) is 53.6 cm³/mol. The van der Waals surface area contributed by atoms with Crippen LogP contribution in [0.25, 0.3) is 0 Å². The van der Waals surface area contributed by atoms with Gasteiger partial charge in [0.15, 0.2) is 0 Å². The van der Waals surface area contributed by atoms with E-state index in [1.54, 1.807) is 22.6 Å². The van der Waals surface area contributed by atoms with Crippen molar-refractivity contribution in [2.45, 2.75) is 6.18 Å². The minimum atomic E-state index is -4.42. The zero-order chi connectivity index (χ0) is 10.2. The highest BCUT2D eigenvalue weighted by Gasteiger charge is 2.33. The fraction of sp³-hybridized carbons (Fsp3) is 0.143. The molecule has 13 heavy (non-hydrogen) atoms. The number of alkyl halides is 3. The van der Waals surface area contributed by atoms with Crippen LogP contribution >= 0.6 is 34.2 Å². The fourth-order valence-corrected chi connectivity index (χ4v) is 1.45. The van der Waals surface area contributed by atoms with Crippen molar-refractivity contribution in [2.75, 3.05) is 5.73 Å². The zero-order valence-electron chi connectivity index (χ0n) is 6.12. The van der Waals surface area contributed by atoms with Gasteiger partial charge in [0.05, 0.1) is 19.8 Å².